The number of aromatic nitrogens is 3. The highest BCUT2D eigenvalue weighted by Gasteiger charge is 2.41. The van der Waals surface area contributed by atoms with Crippen LogP contribution in [0.4, 0.5) is 16.0 Å². The Hall–Kier alpha value is -3.42. The molecule has 4 heterocycles. The maximum absolute atomic E-state index is 14.2. The molecular weight excluding hydrogens is 397 g/mol. The van der Waals surface area contributed by atoms with E-state index in [2.05, 4.69) is 25.8 Å². The van der Waals surface area contributed by atoms with Crippen molar-refractivity contribution in [1.29, 1.82) is 0 Å². The average molecular weight is 421 g/mol. The number of pyridine rings is 1. The van der Waals surface area contributed by atoms with E-state index in [9.17, 15) is 9.18 Å². The van der Waals surface area contributed by atoms with Crippen LogP contribution >= 0.6 is 0 Å². The lowest BCUT2D eigenvalue weighted by Crippen LogP contribution is -2.33. The fourth-order valence-corrected chi connectivity index (χ4v) is 4.78. The van der Waals surface area contributed by atoms with Crippen LogP contribution in [0.15, 0.2) is 53.6 Å². The average Bonchev–Trinajstić information content (AvgIpc) is 3.35. The lowest BCUT2D eigenvalue weighted by molar-refractivity contribution is 0.414. The third kappa shape index (κ3) is 3.41. The second-order valence-corrected chi connectivity index (χ2v) is 8.20. The van der Waals surface area contributed by atoms with E-state index in [4.69, 9.17) is 4.74 Å². The summed E-state index contributed by atoms with van der Waals surface area (Å²) < 4.78 is 21.3. The second kappa shape index (κ2) is 7.68. The Morgan fingerprint density at radius 1 is 1.06 bits per heavy atom. The van der Waals surface area contributed by atoms with Crippen LogP contribution in [-0.4, -0.2) is 47.8 Å². The Morgan fingerprint density at radius 3 is 2.48 bits per heavy atom. The molecule has 0 bridgehead atoms. The third-order valence-electron chi connectivity index (χ3n) is 6.35. The van der Waals surface area contributed by atoms with Gasteiger partial charge in [0.1, 0.15) is 5.75 Å². The molecule has 31 heavy (non-hydrogen) atoms. The van der Waals surface area contributed by atoms with Gasteiger partial charge in [0.15, 0.2) is 5.82 Å². The zero-order valence-corrected chi connectivity index (χ0v) is 17.5. The second-order valence-electron chi connectivity index (χ2n) is 8.20. The minimum absolute atomic E-state index is 0.205. The number of nitrogens with zero attached hydrogens (tertiary/aromatic N) is 5. The van der Waals surface area contributed by atoms with Crippen molar-refractivity contribution in [2.75, 3.05) is 43.1 Å². The summed E-state index contributed by atoms with van der Waals surface area (Å²) in [5.74, 6) is 1.90. The van der Waals surface area contributed by atoms with Crippen molar-refractivity contribution >= 4 is 11.6 Å². The largest absolute Gasteiger partial charge is 0.495 e. The monoisotopic (exact) mass is 421 g/mol. The van der Waals surface area contributed by atoms with Crippen LogP contribution in [0.5, 0.6) is 5.75 Å². The van der Waals surface area contributed by atoms with E-state index in [1.807, 2.05) is 18.2 Å². The number of rotatable bonds is 4. The molecule has 160 valence electrons. The molecule has 2 aliphatic rings. The van der Waals surface area contributed by atoms with E-state index in [1.165, 1.54) is 12.3 Å². The van der Waals surface area contributed by atoms with Crippen molar-refractivity contribution in [2.24, 2.45) is 18.9 Å². The Morgan fingerprint density at radius 2 is 1.77 bits per heavy atom. The molecular formula is C23H24FN5O2. The van der Waals surface area contributed by atoms with Gasteiger partial charge in [0.2, 0.25) is 5.95 Å². The number of fused-ring (bicyclic) bond motifs is 1. The van der Waals surface area contributed by atoms with Gasteiger partial charge in [-0.2, -0.15) is 0 Å². The van der Waals surface area contributed by atoms with Gasteiger partial charge >= 0.3 is 0 Å². The SMILES string of the molecule is COc1ccccc1N1CC2CN(c3nc(-c4ccncc4F)cc(=O)n3C)CC2C1. The Bertz CT molecular complexity index is 1170. The van der Waals surface area contributed by atoms with Crippen LogP contribution in [-0.2, 0) is 7.05 Å². The van der Waals surface area contributed by atoms with Crippen LogP contribution in [0.25, 0.3) is 11.3 Å². The molecule has 3 aromatic rings. The molecule has 0 spiro atoms. The zero-order chi connectivity index (χ0) is 21.5. The molecule has 1 aromatic carbocycles. The molecule has 2 unspecified atom stereocenters. The van der Waals surface area contributed by atoms with Crippen molar-refractivity contribution in [3.63, 3.8) is 0 Å². The summed E-state index contributed by atoms with van der Waals surface area (Å²) in [5.41, 5.74) is 1.54. The van der Waals surface area contributed by atoms with E-state index in [0.717, 1.165) is 43.8 Å². The minimum atomic E-state index is -0.486. The Kier molecular flexibility index (Phi) is 4.84. The fraction of sp³-hybridized carbons (Fsp3) is 0.348. The Balaban J connectivity index is 1.40. The molecule has 2 saturated heterocycles. The highest BCUT2D eigenvalue weighted by molar-refractivity contribution is 5.61. The molecule has 8 heteroatoms. The standard InChI is InChI=1S/C23H24FN5O2/c1-27-22(30)9-19(17-7-8-25-10-18(17)24)26-23(27)29-13-15-11-28(12-16(15)14-29)20-5-3-4-6-21(20)31-2/h3-10,15-16H,11-14H2,1-2H3. The summed E-state index contributed by atoms with van der Waals surface area (Å²) in [6.07, 6.45) is 2.64. The number of ether oxygens (including phenoxy) is 1. The smallest absolute Gasteiger partial charge is 0.255 e. The van der Waals surface area contributed by atoms with Crippen LogP contribution in [0.1, 0.15) is 0 Å². The van der Waals surface area contributed by atoms with Crippen LogP contribution in [0.2, 0.25) is 0 Å². The van der Waals surface area contributed by atoms with E-state index < -0.39 is 5.82 Å². The third-order valence-corrected chi connectivity index (χ3v) is 6.35. The molecule has 0 N–H and O–H groups in total. The number of methoxy groups -OCH3 is 1. The van der Waals surface area contributed by atoms with Crippen molar-refractivity contribution in [3.05, 3.63) is 65.0 Å². The molecule has 0 aliphatic carbocycles. The molecule has 2 aliphatic heterocycles. The lowest BCUT2D eigenvalue weighted by Gasteiger charge is -2.26. The van der Waals surface area contributed by atoms with Crippen molar-refractivity contribution < 1.29 is 9.13 Å². The summed E-state index contributed by atoms with van der Waals surface area (Å²) in [5, 5.41) is 0. The summed E-state index contributed by atoms with van der Waals surface area (Å²) in [7, 11) is 3.41. The summed E-state index contributed by atoms with van der Waals surface area (Å²) >= 11 is 0. The van der Waals surface area contributed by atoms with Gasteiger partial charge in [-0.3, -0.25) is 14.3 Å². The first-order valence-corrected chi connectivity index (χ1v) is 10.4. The van der Waals surface area contributed by atoms with E-state index in [-0.39, 0.29) is 11.1 Å². The van der Waals surface area contributed by atoms with E-state index >= 15 is 0 Å². The van der Waals surface area contributed by atoms with Crippen LogP contribution in [0.3, 0.4) is 0 Å². The molecule has 2 atom stereocenters. The van der Waals surface area contributed by atoms with Gasteiger partial charge in [-0.25, -0.2) is 9.37 Å². The topological polar surface area (TPSA) is 63.5 Å². The van der Waals surface area contributed by atoms with Crippen molar-refractivity contribution in [1.82, 2.24) is 14.5 Å². The molecule has 7 nitrogen and oxygen atoms in total. The molecule has 2 aromatic heterocycles. The molecule has 0 saturated carbocycles. The number of benzene rings is 1. The van der Waals surface area contributed by atoms with Crippen LogP contribution < -0.4 is 20.1 Å². The maximum Gasteiger partial charge on any atom is 0.255 e. The van der Waals surface area contributed by atoms with Crippen LogP contribution in [0, 0.1) is 17.7 Å². The van der Waals surface area contributed by atoms with Gasteiger partial charge in [-0.1, -0.05) is 12.1 Å². The quantitative estimate of drug-likeness (QED) is 0.645. The molecule has 0 amide bonds. The zero-order valence-electron chi connectivity index (χ0n) is 17.5. The highest BCUT2D eigenvalue weighted by atomic mass is 19.1. The lowest BCUT2D eigenvalue weighted by atomic mass is 10.0. The van der Waals surface area contributed by atoms with Crippen molar-refractivity contribution in [3.8, 4) is 17.0 Å². The molecule has 0 radical (unpaired) electrons. The fourth-order valence-electron chi connectivity index (χ4n) is 4.78. The highest BCUT2D eigenvalue weighted by Crippen LogP contribution is 2.38. The summed E-state index contributed by atoms with van der Waals surface area (Å²) in [6.45, 7) is 3.46. The first-order chi connectivity index (χ1) is 15.0. The van der Waals surface area contributed by atoms with Gasteiger partial charge in [0.05, 0.1) is 24.7 Å². The number of anilines is 2. The number of para-hydroxylation sites is 2. The summed E-state index contributed by atoms with van der Waals surface area (Å²) in [4.78, 5) is 25.6. The number of hydrogen-bond donors (Lipinski definition) is 0. The molecule has 2 fully saturated rings. The van der Waals surface area contributed by atoms with Gasteiger partial charge in [0, 0.05) is 62.9 Å². The van der Waals surface area contributed by atoms with Crippen molar-refractivity contribution in [2.45, 2.75) is 0 Å². The first kappa shape index (κ1) is 19.5. The normalized spacial score (nSPS) is 20.2. The van der Waals surface area contributed by atoms with Gasteiger partial charge in [-0.05, 0) is 18.2 Å². The van der Waals surface area contributed by atoms with Gasteiger partial charge in [0.25, 0.3) is 5.56 Å². The van der Waals surface area contributed by atoms with Gasteiger partial charge in [-0.15, -0.1) is 0 Å². The van der Waals surface area contributed by atoms with E-state index in [1.54, 1.807) is 24.8 Å². The minimum Gasteiger partial charge on any atom is -0.495 e. The summed E-state index contributed by atoms with van der Waals surface area (Å²) in [6, 6.07) is 11.0. The predicted molar refractivity (Wildman–Crippen MR) is 117 cm³/mol. The number of halogens is 1. The number of hydrogen-bond acceptors (Lipinski definition) is 6. The predicted octanol–water partition coefficient (Wildman–Crippen LogP) is 2.56. The maximum atomic E-state index is 14.2. The van der Waals surface area contributed by atoms with E-state index in [0.29, 0.717) is 23.5 Å². The Labute approximate surface area is 179 Å². The van der Waals surface area contributed by atoms with Gasteiger partial charge < -0.3 is 14.5 Å². The first-order valence-electron chi connectivity index (χ1n) is 10.4. The molecule has 5 rings (SSSR count).